The predicted octanol–water partition coefficient (Wildman–Crippen LogP) is 2.31. The van der Waals surface area contributed by atoms with E-state index in [4.69, 9.17) is 4.74 Å². The highest BCUT2D eigenvalue weighted by Crippen LogP contribution is 2.21. The first-order valence-corrected chi connectivity index (χ1v) is 5.34. The van der Waals surface area contributed by atoms with Crippen molar-refractivity contribution in [3.05, 3.63) is 11.4 Å². The number of nitrogens with one attached hydrogen (secondary N) is 1. The summed E-state index contributed by atoms with van der Waals surface area (Å²) in [7, 11) is 1.85. The van der Waals surface area contributed by atoms with Crippen molar-refractivity contribution < 1.29 is 4.74 Å². The second kappa shape index (κ2) is 5.53. The van der Waals surface area contributed by atoms with Gasteiger partial charge in [-0.05, 0) is 20.3 Å². The number of nitrogens with zero attached hydrogens (tertiary/aromatic N) is 2. The molecule has 1 aromatic rings. The molecule has 1 aromatic heterocycles. The predicted molar refractivity (Wildman–Crippen MR) is 61.5 cm³/mol. The second-order valence-corrected chi connectivity index (χ2v) is 3.50. The normalized spacial score (nSPS) is 10.1. The fraction of sp³-hybridized carbons (Fsp3) is 0.636. The fourth-order valence-electron chi connectivity index (χ4n) is 1.30. The highest BCUT2D eigenvalue weighted by atomic mass is 16.5. The summed E-state index contributed by atoms with van der Waals surface area (Å²) in [6.07, 6.45) is 2.18. The molecule has 0 aliphatic carbocycles. The molecule has 0 aliphatic rings. The van der Waals surface area contributed by atoms with Gasteiger partial charge >= 0.3 is 0 Å². The highest BCUT2D eigenvalue weighted by molar-refractivity contribution is 5.47. The molecule has 0 amide bonds. The van der Waals surface area contributed by atoms with Crippen molar-refractivity contribution in [2.45, 2.75) is 33.6 Å². The Balaban J connectivity index is 2.81. The van der Waals surface area contributed by atoms with Gasteiger partial charge in [0, 0.05) is 7.05 Å². The van der Waals surface area contributed by atoms with E-state index in [1.165, 1.54) is 0 Å². The van der Waals surface area contributed by atoms with Crippen LogP contribution in [0.1, 0.15) is 31.2 Å². The summed E-state index contributed by atoms with van der Waals surface area (Å²) < 4.78 is 5.61. The maximum atomic E-state index is 5.61. The Morgan fingerprint density at radius 3 is 2.60 bits per heavy atom. The van der Waals surface area contributed by atoms with E-state index in [2.05, 4.69) is 22.2 Å². The van der Waals surface area contributed by atoms with Gasteiger partial charge in [0.25, 0.3) is 0 Å². The largest absolute Gasteiger partial charge is 0.477 e. The molecule has 4 heteroatoms. The topological polar surface area (TPSA) is 47.0 Å². The van der Waals surface area contributed by atoms with Crippen LogP contribution in [-0.4, -0.2) is 23.6 Å². The number of rotatable bonds is 5. The van der Waals surface area contributed by atoms with Crippen LogP contribution in [0.4, 0.5) is 5.82 Å². The van der Waals surface area contributed by atoms with Crippen molar-refractivity contribution in [2.75, 3.05) is 19.0 Å². The van der Waals surface area contributed by atoms with Gasteiger partial charge in [-0.25, -0.2) is 4.98 Å². The Kier molecular flexibility index (Phi) is 4.34. The molecular weight excluding hydrogens is 190 g/mol. The molecule has 0 bridgehead atoms. The third-order valence-corrected chi connectivity index (χ3v) is 2.19. The van der Waals surface area contributed by atoms with Crippen molar-refractivity contribution in [3.8, 4) is 5.88 Å². The van der Waals surface area contributed by atoms with E-state index < -0.39 is 0 Å². The summed E-state index contributed by atoms with van der Waals surface area (Å²) in [5.74, 6) is 2.27. The molecule has 0 unspecified atom stereocenters. The lowest BCUT2D eigenvalue weighted by Gasteiger charge is -2.11. The van der Waals surface area contributed by atoms with E-state index in [9.17, 15) is 0 Å². The second-order valence-electron chi connectivity index (χ2n) is 3.50. The van der Waals surface area contributed by atoms with Gasteiger partial charge in [0.05, 0.1) is 12.2 Å². The third kappa shape index (κ3) is 3.08. The molecule has 0 fully saturated rings. The number of aryl methyl sites for hydroxylation is 1. The lowest BCUT2D eigenvalue weighted by Crippen LogP contribution is -2.06. The Morgan fingerprint density at radius 2 is 2.00 bits per heavy atom. The van der Waals surface area contributed by atoms with Gasteiger partial charge in [-0.2, -0.15) is 4.98 Å². The molecule has 84 valence electrons. The molecule has 1 heterocycles. The maximum Gasteiger partial charge on any atom is 0.221 e. The first-order valence-electron chi connectivity index (χ1n) is 5.34. The first kappa shape index (κ1) is 11.8. The number of unbranched alkanes of at least 4 members (excludes halogenated alkanes) is 1. The summed E-state index contributed by atoms with van der Waals surface area (Å²) in [6.45, 7) is 6.69. The maximum absolute atomic E-state index is 5.61. The highest BCUT2D eigenvalue weighted by Gasteiger charge is 2.08. The molecule has 0 aromatic carbocycles. The summed E-state index contributed by atoms with van der Waals surface area (Å²) in [5, 5.41) is 3.04. The Bertz CT molecular complexity index is 326. The quantitative estimate of drug-likeness (QED) is 0.756. The number of anilines is 1. The Labute approximate surface area is 91.1 Å². The van der Waals surface area contributed by atoms with Crippen molar-refractivity contribution in [1.82, 2.24) is 9.97 Å². The average Bonchev–Trinajstić information content (AvgIpc) is 2.23. The van der Waals surface area contributed by atoms with Crippen LogP contribution >= 0.6 is 0 Å². The van der Waals surface area contributed by atoms with Crippen molar-refractivity contribution in [2.24, 2.45) is 0 Å². The van der Waals surface area contributed by atoms with Crippen LogP contribution in [0.5, 0.6) is 5.88 Å². The number of ether oxygens (including phenoxy) is 1. The summed E-state index contributed by atoms with van der Waals surface area (Å²) >= 11 is 0. The van der Waals surface area contributed by atoms with Gasteiger partial charge in [-0.1, -0.05) is 13.3 Å². The molecule has 0 saturated carbocycles. The Hall–Kier alpha value is -1.32. The average molecular weight is 209 g/mol. The van der Waals surface area contributed by atoms with Gasteiger partial charge in [-0.15, -0.1) is 0 Å². The van der Waals surface area contributed by atoms with E-state index >= 15 is 0 Å². The van der Waals surface area contributed by atoms with Gasteiger partial charge in [0.1, 0.15) is 11.6 Å². The van der Waals surface area contributed by atoms with E-state index in [-0.39, 0.29) is 0 Å². The van der Waals surface area contributed by atoms with Gasteiger partial charge in [0.15, 0.2) is 0 Å². The standard InChI is InChI=1S/C11H19N3O/c1-5-6-7-15-11-8(2)10(12-4)13-9(3)14-11/h5-7H2,1-4H3,(H,12,13,14). The smallest absolute Gasteiger partial charge is 0.221 e. The molecule has 0 saturated heterocycles. The van der Waals surface area contributed by atoms with Crippen LogP contribution in [-0.2, 0) is 0 Å². The zero-order valence-electron chi connectivity index (χ0n) is 9.92. The molecule has 0 atom stereocenters. The third-order valence-electron chi connectivity index (χ3n) is 2.19. The van der Waals surface area contributed by atoms with Crippen LogP contribution in [0.2, 0.25) is 0 Å². The number of hydrogen-bond donors (Lipinski definition) is 1. The zero-order valence-corrected chi connectivity index (χ0v) is 9.92. The molecule has 4 nitrogen and oxygen atoms in total. The van der Waals surface area contributed by atoms with Gasteiger partial charge < -0.3 is 10.1 Å². The summed E-state index contributed by atoms with van der Waals surface area (Å²) in [6, 6.07) is 0. The van der Waals surface area contributed by atoms with Crippen molar-refractivity contribution in [1.29, 1.82) is 0 Å². The summed E-state index contributed by atoms with van der Waals surface area (Å²) in [5.41, 5.74) is 0.971. The SMILES string of the molecule is CCCCOc1nc(C)nc(NC)c1C. The number of aromatic nitrogens is 2. The van der Waals surface area contributed by atoms with Crippen LogP contribution in [0, 0.1) is 13.8 Å². The van der Waals surface area contributed by atoms with Crippen LogP contribution < -0.4 is 10.1 Å². The fourth-order valence-corrected chi connectivity index (χ4v) is 1.30. The van der Waals surface area contributed by atoms with Crippen molar-refractivity contribution in [3.63, 3.8) is 0 Å². The summed E-state index contributed by atoms with van der Waals surface area (Å²) in [4.78, 5) is 8.56. The Morgan fingerprint density at radius 1 is 1.27 bits per heavy atom. The van der Waals surface area contributed by atoms with E-state index in [0.29, 0.717) is 5.88 Å². The van der Waals surface area contributed by atoms with Crippen molar-refractivity contribution >= 4 is 5.82 Å². The lowest BCUT2D eigenvalue weighted by atomic mass is 10.3. The minimum absolute atomic E-state index is 0.695. The molecule has 0 spiro atoms. The minimum atomic E-state index is 0.695. The van der Waals surface area contributed by atoms with Crippen LogP contribution in [0.3, 0.4) is 0 Å². The van der Waals surface area contributed by atoms with Crippen LogP contribution in [0.25, 0.3) is 0 Å². The zero-order chi connectivity index (χ0) is 11.3. The molecular formula is C11H19N3O. The van der Waals surface area contributed by atoms with Crippen LogP contribution in [0.15, 0.2) is 0 Å². The molecule has 1 rings (SSSR count). The number of hydrogen-bond acceptors (Lipinski definition) is 4. The monoisotopic (exact) mass is 209 g/mol. The molecule has 0 aliphatic heterocycles. The van der Waals surface area contributed by atoms with E-state index in [1.807, 2.05) is 20.9 Å². The van der Waals surface area contributed by atoms with E-state index in [0.717, 1.165) is 36.7 Å². The molecule has 15 heavy (non-hydrogen) atoms. The van der Waals surface area contributed by atoms with E-state index in [1.54, 1.807) is 0 Å². The lowest BCUT2D eigenvalue weighted by molar-refractivity contribution is 0.294. The van der Waals surface area contributed by atoms with Gasteiger partial charge in [0.2, 0.25) is 5.88 Å². The first-order chi connectivity index (χ1) is 7.19. The molecule has 1 N–H and O–H groups in total. The minimum Gasteiger partial charge on any atom is -0.477 e. The van der Waals surface area contributed by atoms with Gasteiger partial charge in [-0.3, -0.25) is 0 Å². The molecule has 0 radical (unpaired) electrons.